The first-order chi connectivity index (χ1) is 9.60. The van der Waals surface area contributed by atoms with E-state index in [2.05, 4.69) is 11.9 Å². The molecule has 1 amide bonds. The van der Waals surface area contributed by atoms with E-state index < -0.39 is 0 Å². The number of amides is 1. The molecular weight excluding hydrogens is 250 g/mol. The van der Waals surface area contributed by atoms with Gasteiger partial charge in [0.25, 0.3) is 5.91 Å². The Morgan fingerprint density at radius 3 is 2.90 bits per heavy atom. The Hall–Kier alpha value is -1.58. The van der Waals surface area contributed by atoms with Gasteiger partial charge in [-0.15, -0.1) is 0 Å². The highest BCUT2D eigenvalue weighted by Gasteiger charge is 2.21. The molecule has 1 unspecified atom stereocenters. The molecule has 1 aromatic rings. The average molecular weight is 275 g/mol. The highest BCUT2D eigenvalue weighted by atomic mass is 16.2. The molecule has 1 aliphatic rings. The van der Waals surface area contributed by atoms with E-state index in [9.17, 15) is 4.79 Å². The minimum Gasteiger partial charge on any atom is -0.384 e. The van der Waals surface area contributed by atoms with E-state index in [-0.39, 0.29) is 5.91 Å². The average Bonchev–Trinajstić information content (AvgIpc) is 2.63. The third kappa shape index (κ3) is 3.71. The molecule has 0 aromatic carbocycles. The van der Waals surface area contributed by atoms with Crippen molar-refractivity contribution in [1.29, 1.82) is 0 Å². The van der Waals surface area contributed by atoms with Crippen LogP contribution in [0.15, 0.2) is 12.1 Å². The van der Waals surface area contributed by atoms with Gasteiger partial charge in [0.1, 0.15) is 5.82 Å². The molecule has 2 N–H and O–H groups in total. The number of rotatable bonds is 3. The maximum Gasteiger partial charge on any atom is 0.254 e. The smallest absolute Gasteiger partial charge is 0.254 e. The SMILES string of the molecule is CCCC1CCCN(C(=O)c2cc(C)nc(N)c2)CC1. The molecule has 110 valence electrons. The summed E-state index contributed by atoms with van der Waals surface area (Å²) in [5.74, 6) is 1.30. The molecule has 0 aliphatic carbocycles. The number of likely N-dealkylation sites (tertiary alicyclic amines) is 1. The van der Waals surface area contributed by atoms with E-state index in [0.29, 0.717) is 11.4 Å². The van der Waals surface area contributed by atoms with Crippen LogP contribution in [-0.2, 0) is 0 Å². The van der Waals surface area contributed by atoms with Crippen LogP contribution >= 0.6 is 0 Å². The van der Waals surface area contributed by atoms with Gasteiger partial charge in [-0.25, -0.2) is 4.98 Å². The zero-order chi connectivity index (χ0) is 14.5. The summed E-state index contributed by atoms with van der Waals surface area (Å²) in [5.41, 5.74) is 7.21. The van der Waals surface area contributed by atoms with E-state index in [0.717, 1.165) is 37.5 Å². The van der Waals surface area contributed by atoms with Crippen LogP contribution in [0.3, 0.4) is 0 Å². The van der Waals surface area contributed by atoms with E-state index in [1.165, 1.54) is 19.3 Å². The number of aryl methyl sites for hydroxylation is 1. The standard InChI is InChI=1S/C16H25N3O/c1-3-5-13-6-4-8-19(9-7-13)16(20)14-10-12(2)18-15(17)11-14/h10-11,13H,3-9H2,1-2H3,(H2,17,18). The second kappa shape index (κ2) is 6.73. The van der Waals surface area contributed by atoms with Gasteiger partial charge in [-0.3, -0.25) is 4.79 Å². The van der Waals surface area contributed by atoms with Gasteiger partial charge < -0.3 is 10.6 Å². The molecular formula is C16H25N3O. The van der Waals surface area contributed by atoms with Crippen molar-refractivity contribution in [1.82, 2.24) is 9.88 Å². The fourth-order valence-electron chi connectivity index (χ4n) is 3.07. The molecule has 1 aliphatic heterocycles. The third-order valence-electron chi connectivity index (χ3n) is 4.05. The number of aromatic nitrogens is 1. The van der Waals surface area contributed by atoms with Crippen molar-refractivity contribution in [3.05, 3.63) is 23.4 Å². The van der Waals surface area contributed by atoms with Gasteiger partial charge in [0.05, 0.1) is 0 Å². The zero-order valence-electron chi connectivity index (χ0n) is 12.6. The Balaban J connectivity index is 2.05. The first-order valence-electron chi connectivity index (χ1n) is 7.63. The third-order valence-corrected chi connectivity index (χ3v) is 4.05. The summed E-state index contributed by atoms with van der Waals surface area (Å²) in [6, 6.07) is 3.51. The van der Waals surface area contributed by atoms with Crippen LogP contribution < -0.4 is 5.73 Å². The molecule has 1 atom stereocenters. The normalized spacial score (nSPS) is 19.7. The van der Waals surface area contributed by atoms with Crippen LogP contribution in [0.5, 0.6) is 0 Å². The van der Waals surface area contributed by atoms with Gasteiger partial charge in [-0.2, -0.15) is 0 Å². The molecule has 1 aromatic heterocycles. The number of nitrogen functional groups attached to an aromatic ring is 1. The molecule has 0 spiro atoms. The molecule has 4 nitrogen and oxygen atoms in total. The topological polar surface area (TPSA) is 59.2 Å². The number of nitrogens with zero attached hydrogens (tertiary/aromatic N) is 2. The van der Waals surface area contributed by atoms with Crippen molar-refractivity contribution in [2.45, 2.75) is 46.0 Å². The van der Waals surface area contributed by atoms with Gasteiger partial charge in [0.2, 0.25) is 0 Å². The number of anilines is 1. The van der Waals surface area contributed by atoms with Crippen LogP contribution in [-0.4, -0.2) is 28.9 Å². The Morgan fingerprint density at radius 2 is 2.20 bits per heavy atom. The fraction of sp³-hybridized carbons (Fsp3) is 0.625. The van der Waals surface area contributed by atoms with Gasteiger partial charge >= 0.3 is 0 Å². The fourth-order valence-corrected chi connectivity index (χ4v) is 3.07. The lowest BCUT2D eigenvalue weighted by molar-refractivity contribution is 0.0759. The summed E-state index contributed by atoms with van der Waals surface area (Å²) < 4.78 is 0. The highest BCUT2D eigenvalue weighted by molar-refractivity contribution is 5.95. The summed E-state index contributed by atoms with van der Waals surface area (Å²) in [5, 5.41) is 0. The predicted octanol–water partition coefficient (Wildman–Crippen LogP) is 3.01. The maximum atomic E-state index is 12.6. The quantitative estimate of drug-likeness (QED) is 0.922. The first kappa shape index (κ1) is 14.8. The molecule has 0 radical (unpaired) electrons. The van der Waals surface area contributed by atoms with Gasteiger partial charge in [-0.1, -0.05) is 19.8 Å². The molecule has 0 saturated carbocycles. The Labute approximate surface area is 121 Å². The Morgan fingerprint density at radius 1 is 1.40 bits per heavy atom. The number of hydrogen-bond donors (Lipinski definition) is 1. The van der Waals surface area contributed by atoms with Crippen LogP contribution in [0.1, 0.15) is 55.1 Å². The van der Waals surface area contributed by atoms with Crippen LogP contribution in [0.4, 0.5) is 5.82 Å². The number of hydrogen-bond acceptors (Lipinski definition) is 3. The molecule has 2 heterocycles. The maximum absolute atomic E-state index is 12.6. The van der Waals surface area contributed by atoms with Crippen molar-refractivity contribution >= 4 is 11.7 Å². The second-order valence-corrected chi connectivity index (χ2v) is 5.80. The molecule has 1 fully saturated rings. The van der Waals surface area contributed by atoms with Crippen molar-refractivity contribution in [3.63, 3.8) is 0 Å². The summed E-state index contributed by atoms with van der Waals surface area (Å²) in [6.45, 7) is 5.83. The lowest BCUT2D eigenvalue weighted by Gasteiger charge is -2.21. The minimum atomic E-state index is 0.0966. The Kier molecular flexibility index (Phi) is 4.99. The molecule has 20 heavy (non-hydrogen) atoms. The zero-order valence-corrected chi connectivity index (χ0v) is 12.6. The minimum absolute atomic E-state index is 0.0966. The van der Waals surface area contributed by atoms with E-state index in [1.54, 1.807) is 6.07 Å². The molecule has 0 bridgehead atoms. The van der Waals surface area contributed by atoms with E-state index >= 15 is 0 Å². The van der Waals surface area contributed by atoms with Crippen molar-refractivity contribution in [3.8, 4) is 0 Å². The monoisotopic (exact) mass is 275 g/mol. The van der Waals surface area contributed by atoms with E-state index in [4.69, 9.17) is 5.73 Å². The molecule has 1 saturated heterocycles. The molecule has 2 rings (SSSR count). The Bertz CT molecular complexity index is 453. The number of carbonyl (C=O) groups is 1. The number of pyridine rings is 1. The summed E-state index contributed by atoms with van der Waals surface area (Å²) in [6.07, 6.45) is 5.99. The van der Waals surface area contributed by atoms with Crippen LogP contribution in [0, 0.1) is 12.8 Å². The van der Waals surface area contributed by atoms with Gasteiger partial charge in [0.15, 0.2) is 0 Å². The second-order valence-electron chi connectivity index (χ2n) is 5.80. The van der Waals surface area contributed by atoms with Crippen LogP contribution in [0.25, 0.3) is 0 Å². The van der Waals surface area contributed by atoms with Gasteiger partial charge in [0, 0.05) is 24.3 Å². The lowest BCUT2D eigenvalue weighted by atomic mass is 9.96. The molecule has 4 heteroatoms. The number of carbonyl (C=O) groups excluding carboxylic acids is 1. The summed E-state index contributed by atoms with van der Waals surface area (Å²) >= 11 is 0. The number of nitrogens with two attached hydrogens (primary N) is 1. The first-order valence-corrected chi connectivity index (χ1v) is 7.63. The summed E-state index contributed by atoms with van der Waals surface area (Å²) in [4.78, 5) is 18.7. The van der Waals surface area contributed by atoms with Crippen molar-refractivity contribution in [2.75, 3.05) is 18.8 Å². The highest BCUT2D eigenvalue weighted by Crippen LogP contribution is 2.23. The van der Waals surface area contributed by atoms with Gasteiger partial charge in [-0.05, 0) is 44.2 Å². The van der Waals surface area contributed by atoms with E-state index in [1.807, 2.05) is 17.9 Å². The van der Waals surface area contributed by atoms with Crippen molar-refractivity contribution in [2.24, 2.45) is 5.92 Å². The lowest BCUT2D eigenvalue weighted by Crippen LogP contribution is -2.32. The van der Waals surface area contributed by atoms with Crippen LogP contribution in [0.2, 0.25) is 0 Å². The summed E-state index contributed by atoms with van der Waals surface area (Å²) in [7, 11) is 0. The predicted molar refractivity (Wildman–Crippen MR) is 81.5 cm³/mol. The van der Waals surface area contributed by atoms with Crippen molar-refractivity contribution < 1.29 is 4.79 Å². The largest absolute Gasteiger partial charge is 0.384 e.